The van der Waals surface area contributed by atoms with E-state index in [1.54, 1.807) is 12.3 Å². The molecule has 0 spiro atoms. The van der Waals surface area contributed by atoms with Crippen LogP contribution in [0, 0.1) is 0 Å². The van der Waals surface area contributed by atoms with E-state index in [4.69, 9.17) is 11.6 Å². The summed E-state index contributed by atoms with van der Waals surface area (Å²) in [4.78, 5) is 17.3. The molecule has 0 aliphatic rings. The molecule has 18 heavy (non-hydrogen) atoms. The van der Waals surface area contributed by atoms with Gasteiger partial charge in [-0.15, -0.1) is 11.3 Å². The van der Waals surface area contributed by atoms with E-state index >= 15 is 0 Å². The molecule has 1 aromatic carbocycles. The summed E-state index contributed by atoms with van der Waals surface area (Å²) < 4.78 is 0. The van der Waals surface area contributed by atoms with Crippen molar-refractivity contribution in [3.05, 3.63) is 63.4 Å². The number of carbonyl (C=O) groups excluding carboxylic acids is 1. The average molecular weight is 274 g/mol. The van der Waals surface area contributed by atoms with Gasteiger partial charge in [0.25, 0.3) is 0 Å². The first-order valence-electron chi connectivity index (χ1n) is 5.39. The van der Waals surface area contributed by atoms with Gasteiger partial charge < -0.3 is 0 Å². The molecule has 0 radical (unpaired) electrons. The molecule has 4 heteroatoms. The van der Waals surface area contributed by atoms with Gasteiger partial charge >= 0.3 is 0 Å². The SMILES string of the molecule is O=C(c1sccc1Cl)c1cccc2ncccc12. The first-order valence-corrected chi connectivity index (χ1v) is 6.64. The Morgan fingerprint density at radius 2 is 2.06 bits per heavy atom. The summed E-state index contributed by atoms with van der Waals surface area (Å²) in [5.74, 6) is -0.0476. The molecule has 2 heterocycles. The van der Waals surface area contributed by atoms with E-state index in [2.05, 4.69) is 4.98 Å². The third-order valence-corrected chi connectivity index (χ3v) is 4.05. The quantitative estimate of drug-likeness (QED) is 0.656. The van der Waals surface area contributed by atoms with E-state index in [0.717, 1.165) is 10.9 Å². The number of hydrogen-bond acceptors (Lipinski definition) is 3. The number of aromatic nitrogens is 1. The third kappa shape index (κ3) is 1.82. The maximum atomic E-state index is 12.4. The predicted octanol–water partition coefficient (Wildman–Crippen LogP) is 4.18. The molecule has 3 rings (SSSR count). The summed E-state index contributed by atoms with van der Waals surface area (Å²) >= 11 is 7.37. The molecule has 2 aromatic heterocycles. The lowest BCUT2D eigenvalue weighted by molar-refractivity contribution is 0.104. The molecule has 0 atom stereocenters. The van der Waals surface area contributed by atoms with Crippen LogP contribution in [-0.2, 0) is 0 Å². The van der Waals surface area contributed by atoms with Gasteiger partial charge in [-0.3, -0.25) is 9.78 Å². The Morgan fingerprint density at radius 3 is 2.83 bits per heavy atom. The van der Waals surface area contributed by atoms with Crippen LogP contribution >= 0.6 is 22.9 Å². The van der Waals surface area contributed by atoms with Crippen LogP contribution in [0.3, 0.4) is 0 Å². The minimum absolute atomic E-state index is 0.0476. The molecule has 2 nitrogen and oxygen atoms in total. The number of nitrogens with zero attached hydrogens (tertiary/aromatic N) is 1. The molecule has 0 aliphatic heterocycles. The van der Waals surface area contributed by atoms with Crippen LogP contribution in [0.15, 0.2) is 48.0 Å². The zero-order chi connectivity index (χ0) is 12.5. The van der Waals surface area contributed by atoms with Gasteiger partial charge in [0.15, 0.2) is 0 Å². The minimum Gasteiger partial charge on any atom is -0.288 e. The Morgan fingerprint density at radius 1 is 1.17 bits per heavy atom. The van der Waals surface area contributed by atoms with E-state index in [9.17, 15) is 4.79 Å². The van der Waals surface area contributed by atoms with Crippen LogP contribution in [0.1, 0.15) is 15.2 Å². The second-order valence-electron chi connectivity index (χ2n) is 3.80. The van der Waals surface area contributed by atoms with Crippen molar-refractivity contribution >= 4 is 39.6 Å². The second-order valence-corrected chi connectivity index (χ2v) is 5.13. The van der Waals surface area contributed by atoms with Crippen molar-refractivity contribution < 1.29 is 4.79 Å². The predicted molar refractivity (Wildman–Crippen MR) is 74.5 cm³/mol. The maximum Gasteiger partial charge on any atom is 0.205 e. The summed E-state index contributed by atoms with van der Waals surface area (Å²) in [6, 6.07) is 11.0. The molecular weight excluding hydrogens is 266 g/mol. The molecule has 0 bridgehead atoms. The smallest absolute Gasteiger partial charge is 0.205 e. The average Bonchev–Trinajstić information content (AvgIpc) is 2.83. The summed E-state index contributed by atoms with van der Waals surface area (Å²) in [7, 11) is 0. The highest BCUT2D eigenvalue weighted by molar-refractivity contribution is 7.13. The number of ketones is 1. The lowest BCUT2D eigenvalue weighted by atomic mass is 10.0. The number of thiophene rings is 1. The van der Waals surface area contributed by atoms with E-state index in [1.807, 2.05) is 35.7 Å². The van der Waals surface area contributed by atoms with Crippen LogP contribution in [0.25, 0.3) is 10.9 Å². The number of fused-ring (bicyclic) bond motifs is 1. The molecule has 0 unspecified atom stereocenters. The van der Waals surface area contributed by atoms with Gasteiger partial charge in [-0.1, -0.05) is 29.8 Å². The van der Waals surface area contributed by atoms with Crippen molar-refractivity contribution in [3.63, 3.8) is 0 Å². The van der Waals surface area contributed by atoms with Gasteiger partial charge in [0.1, 0.15) is 0 Å². The summed E-state index contributed by atoms with van der Waals surface area (Å²) in [5, 5.41) is 3.18. The lowest BCUT2D eigenvalue weighted by Crippen LogP contribution is -2.00. The van der Waals surface area contributed by atoms with Crippen molar-refractivity contribution in [2.45, 2.75) is 0 Å². The van der Waals surface area contributed by atoms with Gasteiger partial charge in [-0.2, -0.15) is 0 Å². The van der Waals surface area contributed by atoms with Crippen molar-refractivity contribution in [2.75, 3.05) is 0 Å². The van der Waals surface area contributed by atoms with E-state index in [1.165, 1.54) is 11.3 Å². The van der Waals surface area contributed by atoms with Gasteiger partial charge in [0, 0.05) is 17.1 Å². The Balaban J connectivity index is 2.21. The van der Waals surface area contributed by atoms with Crippen LogP contribution in [0.5, 0.6) is 0 Å². The normalized spacial score (nSPS) is 10.7. The number of halogens is 1. The van der Waals surface area contributed by atoms with Crippen LogP contribution < -0.4 is 0 Å². The lowest BCUT2D eigenvalue weighted by Gasteiger charge is -2.04. The minimum atomic E-state index is -0.0476. The maximum absolute atomic E-state index is 12.4. The fourth-order valence-corrected chi connectivity index (χ4v) is 2.97. The summed E-state index contributed by atoms with van der Waals surface area (Å²) in [6.07, 6.45) is 1.72. The molecule has 0 saturated carbocycles. The second kappa shape index (κ2) is 4.52. The largest absolute Gasteiger partial charge is 0.288 e. The standard InChI is InChI=1S/C14H8ClNOS/c15-11-6-8-18-14(11)13(17)10-3-1-5-12-9(10)4-2-7-16-12/h1-8H. The summed E-state index contributed by atoms with van der Waals surface area (Å²) in [5.41, 5.74) is 1.46. The van der Waals surface area contributed by atoms with E-state index < -0.39 is 0 Å². The highest BCUT2D eigenvalue weighted by Crippen LogP contribution is 2.27. The molecule has 88 valence electrons. The van der Waals surface area contributed by atoms with E-state index in [0.29, 0.717) is 15.5 Å². The highest BCUT2D eigenvalue weighted by atomic mass is 35.5. The molecule has 3 aromatic rings. The molecule has 0 N–H and O–H groups in total. The van der Waals surface area contributed by atoms with E-state index in [-0.39, 0.29) is 5.78 Å². The Hall–Kier alpha value is -1.71. The first-order chi connectivity index (χ1) is 8.77. The monoisotopic (exact) mass is 273 g/mol. The topological polar surface area (TPSA) is 30.0 Å². The molecule has 0 saturated heterocycles. The van der Waals surface area contributed by atoms with Gasteiger partial charge in [-0.25, -0.2) is 0 Å². The van der Waals surface area contributed by atoms with Crippen LogP contribution in [-0.4, -0.2) is 10.8 Å². The van der Waals surface area contributed by atoms with Gasteiger partial charge in [0.2, 0.25) is 5.78 Å². The van der Waals surface area contributed by atoms with Crippen molar-refractivity contribution in [1.82, 2.24) is 4.98 Å². The molecule has 0 amide bonds. The zero-order valence-electron chi connectivity index (χ0n) is 9.26. The highest BCUT2D eigenvalue weighted by Gasteiger charge is 2.16. The van der Waals surface area contributed by atoms with Crippen molar-refractivity contribution in [2.24, 2.45) is 0 Å². The van der Waals surface area contributed by atoms with Crippen LogP contribution in [0.4, 0.5) is 0 Å². The van der Waals surface area contributed by atoms with Gasteiger partial charge in [0.05, 0.1) is 15.4 Å². The number of benzene rings is 1. The zero-order valence-corrected chi connectivity index (χ0v) is 10.8. The van der Waals surface area contributed by atoms with Crippen LogP contribution in [0.2, 0.25) is 5.02 Å². The fraction of sp³-hybridized carbons (Fsp3) is 0. The summed E-state index contributed by atoms with van der Waals surface area (Å²) in [6.45, 7) is 0. The Labute approximate surface area is 113 Å². The number of carbonyl (C=O) groups is 1. The fourth-order valence-electron chi connectivity index (χ4n) is 1.88. The first kappa shape index (κ1) is 11.4. The Kier molecular flexibility index (Phi) is 2.86. The molecule has 0 aliphatic carbocycles. The van der Waals surface area contributed by atoms with Crippen molar-refractivity contribution in [1.29, 1.82) is 0 Å². The number of pyridine rings is 1. The van der Waals surface area contributed by atoms with Gasteiger partial charge in [-0.05, 0) is 23.6 Å². The number of hydrogen-bond donors (Lipinski definition) is 0. The molecule has 0 fully saturated rings. The Bertz CT molecular complexity index is 730. The third-order valence-electron chi connectivity index (χ3n) is 2.71. The van der Waals surface area contributed by atoms with Crippen molar-refractivity contribution in [3.8, 4) is 0 Å². The molecular formula is C14H8ClNOS. The number of rotatable bonds is 2.